The van der Waals surface area contributed by atoms with E-state index < -0.39 is 5.41 Å². The quantitative estimate of drug-likeness (QED) is 0.760. The van der Waals surface area contributed by atoms with Crippen LogP contribution in [0.3, 0.4) is 0 Å². The van der Waals surface area contributed by atoms with E-state index >= 15 is 0 Å². The van der Waals surface area contributed by atoms with Crippen LogP contribution in [-0.4, -0.2) is 5.24 Å². The largest absolute Gasteiger partial charge is 0.280 e. The van der Waals surface area contributed by atoms with Crippen molar-refractivity contribution >= 4 is 28.4 Å². The van der Waals surface area contributed by atoms with Crippen molar-refractivity contribution in [1.82, 2.24) is 0 Å². The summed E-state index contributed by atoms with van der Waals surface area (Å²) in [5.41, 5.74) is 2.70. The molecule has 19 heavy (non-hydrogen) atoms. The van der Waals surface area contributed by atoms with E-state index in [-0.39, 0.29) is 5.24 Å². The topological polar surface area (TPSA) is 17.1 Å². The summed E-state index contributed by atoms with van der Waals surface area (Å²) in [5.74, 6) is 0. The van der Waals surface area contributed by atoms with Crippen molar-refractivity contribution in [1.29, 1.82) is 0 Å². The summed E-state index contributed by atoms with van der Waals surface area (Å²) in [5, 5.41) is 0.363. The Morgan fingerprint density at radius 2 is 1.47 bits per heavy atom. The van der Waals surface area contributed by atoms with Gasteiger partial charge in [0.1, 0.15) is 0 Å². The fraction of sp³-hybridized carbons (Fsp3) is 0.188. The maximum Gasteiger partial charge on any atom is 0.232 e. The molecule has 0 amide bonds. The summed E-state index contributed by atoms with van der Waals surface area (Å²) >= 11 is 11.8. The highest BCUT2D eigenvalue weighted by Crippen LogP contribution is 2.41. The molecule has 0 N–H and O–H groups in total. The van der Waals surface area contributed by atoms with Gasteiger partial charge in [-0.25, -0.2) is 0 Å². The molecule has 0 atom stereocenters. The van der Waals surface area contributed by atoms with E-state index in [4.69, 9.17) is 23.2 Å². The first-order valence-electron chi connectivity index (χ1n) is 6.15. The van der Waals surface area contributed by atoms with Gasteiger partial charge in [0, 0.05) is 5.02 Å². The Hall–Kier alpha value is -1.31. The summed E-state index contributed by atoms with van der Waals surface area (Å²) in [6, 6.07) is 15.5. The highest BCUT2D eigenvalue weighted by Gasteiger charge is 2.44. The van der Waals surface area contributed by atoms with E-state index in [1.54, 1.807) is 12.1 Å². The van der Waals surface area contributed by atoms with Crippen molar-refractivity contribution in [2.24, 2.45) is 0 Å². The first-order valence-corrected chi connectivity index (χ1v) is 6.90. The van der Waals surface area contributed by atoms with E-state index in [1.165, 1.54) is 11.1 Å². The van der Waals surface area contributed by atoms with Crippen LogP contribution >= 0.6 is 23.2 Å². The number of rotatable bonds is 2. The van der Waals surface area contributed by atoms with Crippen molar-refractivity contribution in [2.45, 2.75) is 18.3 Å². The molecule has 2 aromatic carbocycles. The Balaban J connectivity index is 2.09. The second-order valence-electron chi connectivity index (χ2n) is 4.98. The van der Waals surface area contributed by atoms with E-state index in [1.807, 2.05) is 24.3 Å². The Bertz CT molecular complexity index is 606. The number of halogens is 2. The Morgan fingerprint density at radius 1 is 0.947 bits per heavy atom. The number of carbonyl (C=O) groups is 1. The van der Waals surface area contributed by atoms with Crippen LogP contribution < -0.4 is 0 Å². The smallest absolute Gasteiger partial charge is 0.232 e. The fourth-order valence-corrected chi connectivity index (χ4v) is 3.21. The SMILES string of the molecule is O=C(Cl)C1(c2ccc(Cl)cc2)Cc2ccccc2C1. The normalized spacial score (nSPS) is 16.1. The third-order valence-corrected chi connectivity index (χ3v) is 4.49. The van der Waals surface area contributed by atoms with Gasteiger partial charge in [0.05, 0.1) is 5.41 Å². The third-order valence-electron chi connectivity index (χ3n) is 3.88. The molecule has 1 aliphatic rings. The van der Waals surface area contributed by atoms with E-state index in [2.05, 4.69) is 12.1 Å². The van der Waals surface area contributed by atoms with Crippen molar-refractivity contribution in [3.05, 3.63) is 70.2 Å². The third kappa shape index (κ3) is 2.07. The van der Waals surface area contributed by atoms with Gasteiger partial charge in [-0.2, -0.15) is 0 Å². The number of hydrogen-bond acceptors (Lipinski definition) is 1. The molecule has 1 nitrogen and oxygen atoms in total. The van der Waals surface area contributed by atoms with Gasteiger partial charge in [0.25, 0.3) is 0 Å². The molecule has 3 heteroatoms. The molecule has 0 bridgehead atoms. The van der Waals surface area contributed by atoms with E-state index in [0.717, 1.165) is 5.56 Å². The molecule has 96 valence electrons. The molecule has 0 heterocycles. The van der Waals surface area contributed by atoms with Gasteiger partial charge >= 0.3 is 0 Å². The number of benzene rings is 2. The summed E-state index contributed by atoms with van der Waals surface area (Å²) in [4.78, 5) is 12.1. The lowest BCUT2D eigenvalue weighted by molar-refractivity contribution is -0.116. The summed E-state index contributed by atoms with van der Waals surface area (Å²) < 4.78 is 0. The van der Waals surface area contributed by atoms with Crippen LogP contribution in [0, 0.1) is 0 Å². The predicted molar refractivity (Wildman–Crippen MR) is 77.8 cm³/mol. The van der Waals surface area contributed by atoms with Crippen LogP contribution in [0.2, 0.25) is 5.02 Å². The lowest BCUT2D eigenvalue weighted by atomic mass is 9.79. The lowest BCUT2D eigenvalue weighted by Crippen LogP contribution is -2.33. The van der Waals surface area contributed by atoms with E-state index in [0.29, 0.717) is 17.9 Å². The second-order valence-corrected chi connectivity index (χ2v) is 5.76. The van der Waals surface area contributed by atoms with Crippen LogP contribution in [0.5, 0.6) is 0 Å². The highest BCUT2D eigenvalue weighted by molar-refractivity contribution is 6.65. The minimum atomic E-state index is -0.643. The van der Waals surface area contributed by atoms with Gasteiger partial charge in [0.15, 0.2) is 0 Å². The predicted octanol–water partition coefficient (Wildman–Crippen LogP) is 4.14. The van der Waals surface area contributed by atoms with Gasteiger partial charge in [-0.1, -0.05) is 48.0 Å². The van der Waals surface area contributed by atoms with Gasteiger partial charge in [0.2, 0.25) is 5.24 Å². The number of carbonyl (C=O) groups excluding carboxylic acids is 1. The molecular weight excluding hydrogens is 279 g/mol. The molecule has 0 saturated carbocycles. The zero-order chi connectivity index (χ0) is 13.5. The molecule has 0 unspecified atom stereocenters. The molecule has 0 aliphatic heterocycles. The van der Waals surface area contributed by atoms with Crippen molar-refractivity contribution < 1.29 is 4.79 Å². The minimum Gasteiger partial charge on any atom is -0.280 e. The molecule has 0 fully saturated rings. The fourth-order valence-electron chi connectivity index (χ4n) is 2.84. The molecule has 0 spiro atoms. The first-order chi connectivity index (χ1) is 9.12. The standard InChI is InChI=1S/C16H12Cl2O/c17-14-7-5-13(6-8-14)16(15(18)19)9-11-3-1-2-4-12(11)10-16/h1-8H,9-10H2. The molecule has 2 aromatic rings. The average Bonchev–Trinajstić information content (AvgIpc) is 2.80. The summed E-state index contributed by atoms with van der Waals surface area (Å²) in [6.45, 7) is 0. The number of hydrogen-bond donors (Lipinski definition) is 0. The van der Waals surface area contributed by atoms with Crippen LogP contribution in [0.4, 0.5) is 0 Å². The van der Waals surface area contributed by atoms with Crippen LogP contribution in [0.15, 0.2) is 48.5 Å². The Kier molecular flexibility index (Phi) is 3.12. The van der Waals surface area contributed by atoms with Gasteiger partial charge in [-0.3, -0.25) is 4.79 Å². The second kappa shape index (κ2) is 4.66. The van der Waals surface area contributed by atoms with Gasteiger partial charge in [-0.15, -0.1) is 0 Å². The molecule has 0 aromatic heterocycles. The summed E-state index contributed by atoms with van der Waals surface area (Å²) in [7, 11) is 0. The maximum atomic E-state index is 12.1. The number of fused-ring (bicyclic) bond motifs is 1. The minimum absolute atomic E-state index is 0.300. The van der Waals surface area contributed by atoms with Crippen LogP contribution in [-0.2, 0) is 23.1 Å². The molecule has 1 aliphatic carbocycles. The van der Waals surface area contributed by atoms with Gasteiger partial charge < -0.3 is 0 Å². The zero-order valence-electron chi connectivity index (χ0n) is 10.2. The maximum absolute atomic E-state index is 12.1. The van der Waals surface area contributed by atoms with Crippen molar-refractivity contribution in [3.8, 4) is 0 Å². The molecule has 0 radical (unpaired) electrons. The average molecular weight is 291 g/mol. The zero-order valence-corrected chi connectivity index (χ0v) is 11.7. The Morgan fingerprint density at radius 3 is 1.95 bits per heavy atom. The molecule has 0 saturated heterocycles. The monoisotopic (exact) mass is 290 g/mol. The Labute approximate surface area is 122 Å². The van der Waals surface area contributed by atoms with E-state index in [9.17, 15) is 4.79 Å². The van der Waals surface area contributed by atoms with Crippen LogP contribution in [0.25, 0.3) is 0 Å². The van der Waals surface area contributed by atoms with Crippen LogP contribution in [0.1, 0.15) is 16.7 Å². The lowest BCUT2D eigenvalue weighted by Gasteiger charge is -2.25. The van der Waals surface area contributed by atoms with Crippen molar-refractivity contribution in [3.63, 3.8) is 0 Å². The first kappa shape index (κ1) is 12.7. The summed E-state index contributed by atoms with van der Waals surface area (Å²) in [6.07, 6.45) is 1.32. The van der Waals surface area contributed by atoms with Gasteiger partial charge in [-0.05, 0) is 53.3 Å². The molecule has 3 rings (SSSR count). The molecular formula is C16H12Cl2O. The van der Waals surface area contributed by atoms with Crippen molar-refractivity contribution in [2.75, 3.05) is 0 Å². The highest BCUT2D eigenvalue weighted by atomic mass is 35.5.